The van der Waals surface area contributed by atoms with Crippen molar-refractivity contribution in [2.45, 2.75) is 86.9 Å². The lowest BCUT2D eigenvalue weighted by Crippen LogP contribution is -2.39. The summed E-state index contributed by atoms with van der Waals surface area (Å²) in [5.41, 5.74) is 8.95. The highest BCUT2D eigenvalue weighted by Gasteiger charge is 2.45. The zero-order valence-corrected chi connectivity index (χ0v) is 43.7. The number of methoxy groups -OCH3 is 1. The second kappa shape index (κ2) is 18.0. The largest absolute Gasteiger partial charge is 0.495 e. The Balaban J connectivity index is 1.13. The van der Waals surface area contributed by atoms with E-state index in [1.807, 2.05) is 33.8 Å². The number of halogens is 3. The van der Waals surface area contributed by atoms with Crippen molar-refractivity contribution in [1.29, 1.82) is 0 Å². The fourth-order valence-electron chi connectivity index (χ4n) is 10.5. The Labute approximate surface area is 414 Å². The van der Waals surface area contributed by atoms with Gasteiger partial charge in [0.05, 0.1) is 26.0 Å². The topological polar surface area (TPSA) is 77.5 Å². The number of hydrogen-bond acceptors (Lipinski definition) is 8. The van der Waals surface area contributed by atoms with Crippen LogP contribution in [0.3, 0.4) is 0 Å². The molecule has 1 aliphatic carbocycles. The standard InChI is InChI=1S/C55H59Br3N2O6/c1-52(2)44-27-38(56)19-22-40(44)47-42-28-45(60-26-12-14-35(31-60)33-65-51(62)54(5,6)58)46(63-7)29-43(42)49-41(48(47)52)23-24-55(66-49,36-15-9-8-10-16-36)37-17-20-39(21-18-37)59-25-11-13-34(30-59)32-64-50(61)53(3,4)57/h8-10,15-24,27-29,34-35H,11-14,25-26,30-33H2,1-7H3. The monoisotopic (exact) mass is 1080 g/mol. The van der Waals surface area contributed by atoms with E-state index in [9.17, 15) is 9.59 Å². The first-order valence-electron chi connectivity index (χ1n) is 23.2. The Bertz CT molecular complexity index is 2700. The quantitative estimate of drug-likeness (QED) is 0.0956. The van der Waals surface area contributed by atoms with E-state index in [4.69, 9.17) is 18.9 Å². The zero-order valence-electron chi connectivity index (χ0n) is 38.9. The average Bonchev–Trinajstić information content (AvgIpc) is 3.54. The number of carbonyl (C=O) groups is 2. The summed E-state index contributed by atoms with van der Waals surface area (Å²) in [6.45, 7) is 16.1. The van der Waals surface area contributed by atoms with Gasteiger partial charge in [-0.1, -0.05) is 116 Å². The molecule has 0 saturated carbocycles. The van der Waals surface area contributed by atoms with Gasteiger partial charge in [0.25, 0.3) is 0 Å². The number of esters is 2. The van der Waals surface area contributed by atoms with Crippen LogP contribution in [-0.4, -0.2) is 67.1 Å². The molecular weight excluding hydrogens is 1020 g/mol. The van der Waals surface area contributed by atoms with E-state index in [2.05, 4.69) is 162 Å². The van der Waals surface area contributed by atoms with E-state index in [1.165, 1.54) is 22.3 Å². The van der Waals surface area contributed by atoms with Gasteiger partial charge in [-0.2, -0.15) is 0 Å². The van der Waals surface area contributed by atoms with Crippen LogP contribution in [0.25, 0.3) is 28.0 Å². The number of benzene rings is 5. The van der Waals surface area contributed by atoms with Crippen LogP contribution < -0.4 is 19.3 Å². The van der Waals surface area contributed by atoms with Crippen LogP contribution in [0.15, 0.2) is 95.5 Å². The van der Waals surface area contributed by atoms with Gasteiger partial charge in [-0.25, -0.2) is 0 Å². The molecule has 0 radical (unpaired) electrons. The highest BCUT2D eigenvalue weighted by atomic mass is 79.9. The molecule has 3 heterocycles. The normalized spacial score (nSPS) is 21.1. The van der Waals surface area contributed by atoms with E-state index >= 15 is 0 Å². The molecule has 3 aliphatic heterocycles. The lowest BCUT2D eigenvalue weighted by atomic mass is 9.76. The summed E-state index contributed by atoms with van der Waals surface area (Å²) in [5.74, 6) is 1.55. The van der Waals surface area contributed by atoms with Crippen molar-refractivity contribution >= 4 is 88.0 Å². The van der Waals surface area contributed by atoms with Gasteiger partial charge in [0.1, 0.15) is 20.1 Å². The highest BCUT2D eigenvalue weighted by molar-refractivity contribution is 9.10. The maximum atomic E-state index is 12.7. The molecule has 0 amide bonds. The molecule has 3 unspecified atom stereocenters. The summed E-state index contributed by atoms with van der Waals surface area (Å²) >= 11 is 10.7. The minimum atomic E-state index is -0.944. The number of anilines is 2. The van der Waals surface area contributed by atoms with Gasteiger partial charge in [0.15, 0.2) is 5.60 Å². The fourth-order valence-corrected chi connectivity index (χ4v) is 11.1. The molecule has 8 nitrogen and oxygen atoms in total. The van der Waals surface area contributed by atoms with Crippen LogP contribution in [0.4, 0.5) is 11.4 Å². The minimum absolute atomic E-state index is 0.184. The van der Waals surface area contributed by atoms with Gasteiger partial charge < -0.3 is 28.7 Å². The van der Waals surface area contributed by atoms with Gasteiger partial charge in [0, 0.05) is 75.7 Å². The molecule has 0 bridgehead atoms. The van der Waals surface area contributed by atoms with Crippen molar-refractivity contribution in [1.82, 2.24) is 0 Å². The van der Waals surface area contributed by atoms with E-state index in [-0.39, 0.29) is 29.2 Å². The highest BCUT2D eigenvalue weighted by Crippen LogP contribution is 2.59. The molecule has 66 heavy (non-hydrogen) atoms. The summed E-state index contributed by atoms with van der Waals surface area (Å²) in [6, 6.07) is 30.5. The maximum absolute atomic E-state index is 12.7. The molecule has 2 fully saturated rings. The molecule has 9 rings (SSSR count). The summed E-state index contributed by atoms with van der Waals surface area (Å²) in [7, 11) is 1.75. The van der Waals surface area contributed by atoms with Crippen LogP contribution in [0.5, 0.6) is 11.5 Å². The third kappa shape index (κ3) is 8.70. The molecule has 0 spiro atoms. The number of fused-ring (bicyclic) bond motifs is 8. The molecular formula is C55H59Br3N2O6. The molecule has 3 atom stereocenters. The number of piperidine rings is 2. The number of ether oxygens (including phenoxy) is 4. The number of rotatable bonds is 11. The van der Waals surface area contributed by atoms with Crippen molar-refractivity contribution in [3.63, 3.8) is 0 Å². The smallest absolute Gasteiger partial charge is 0.322 e. The summed E-state index contributed by atoms with van der Waals surface area (Å²) in [5, 5.41) is 2.10. The first kappa shape index (κ1) is 46.8. The van der Waals surface area contributed by atoms with Crippen molar-refractivity contribution in [3.05, 3.63) is 123 Å². The Kier molecular flexibility index (Phi) is 12.7. The molecule has 5 aromatic rings. The Morgan fingerprint density at radius 1 is 0.773 bits per heavy atom. The maximum Gasteiger partial charge on any atom is 0.322 e. The van der Waals surface area contributed by atoms with Gasteiger partial charge >= 0.3 is 11.9 Å². The number of carbonyl (C=O) groups excluding carboxylic acids is 2. The molecule has 0 N–H and O–H groups in total. The van der Waals surface area contributed by atoms with Gasteiger partial charge in [-0.3, -0.25) is 9.59 Å². The van der Waals surface area contributed by atoms with Gasteiger partial charge in [0.2, 0.25) is 0 Å². The fraction of sp³-hybridized carbons (Fsp3) is 0.418. The first-order valence-corrected chi connectivity index (χ1v) is 25.6. The summed E-state index contributed by atoms with van der Waals surface area (Å²) in [6.07, 6.45) is 8.56. The van der Waals surface area contributed by atoms with Crippen LogP contribution in [0, 0.1) is 11.8 Å². The van der Waals surface area contributed by atoms with E-state index in [1.54, 1.807) is 7.11 Å². The Morgan fingerprint density at radius 3 is 2.00 bits per heavy atom. The lowest BCUT2D eigenvalue weighted by molar-refractivity contribution is -0.147. The average molecular weight is 1080 g/mol. The van der Waals surface area contributed by atoms with Crippen LogP contribution in [0.2, 0.25) is 0 Å². The molecule has 4 aliphatic rings. The number of alkyl halides is 2. The first-order chi connectivity index (χ1) is 31.4. The van der Waals surface area contributed by atoms with E-state index < -0.39 is 14.2 Å². The second-order valence-electron chi connectivity index (χ2n) is 20.0. The SMILES string of the molecule is COc1cc2c3c(c4c(c2cc1N1CCCC(COC(=O)C(C)(C)Br)C1)-c1ccc(Br)cc1C4(C)C)C=CC(c1ccccc1)(c1ccc(N2CCCC(COC(=O)C(C)(C)Br)C2)cc1)O3. The number of nitrogens with zero attached hydrogens (tertiary/aromatic N) is 2. The van der Waals surface area contributed by atoms with E-state index in [0.717, 1.165) is 107 Å². The van der Waals surface area contributed by atoms with Crippen molar-refractivity contribution in [3.8, 4) is 22.6 Å². The zero-order chi connectivity index (χ0) is 46.8. The van der Waals surface area contributed by atoms with Crippen molar-refractivity contribution in [2.24, 2.45) is 11.8 Å². The van der Waals surface area contributed by atoms with Crippen LogP contribution in [0.1, 0.15) is 95.0 Å². The summed E-state index contributed by atoms with van der Waals surface area (Å²) < 4.78 is 25.2. The van der Waals surface area contributed by atoms with E-state index in [0.29, 0.717) is 13.2 Å². The van der Waals surface area contributed by atoms with Gasteiger partial charge in [-0.05, 0) is 123 Å². The predicted molar refractivity (Wildman–Crippen MR) is 277 cm³/mol. The molecule has 5 aromatic carbocycles. The molecule has 2 saturated heterocycles. The molecule has 0 aromatic heterocycles. The lowest BCUT2D eigenvalue weighted by Gasteiger charge is -2.39. The molecule has 346 valence electrons. The second-order valence-corrected chi connectivity index (χ2v) is 24.9. The van der Waals surface area contributed by atoms with Crippen molar-refractivity contribution in [2.75, 3.05) is 56.3 Å². The van der Waals surface area contributed by atoms with Gasteiger partial charge in [-0.15, -0.1) is 0 Å². The summed E-state index contributed by atoms with van der Waals surface area (Å²) in [4.78, 5) is 30.1. The third-order valence-corrected chi connectivity index (χ3v) is 15.1. The Morgan fingerprint density at radius 2 is 1.38 bits per heavy atom. The van der Waals surface area contributed by atoms with Crippen LogP contribution >= 0.6 is 47.8 Å². The minimum Gasteiger partial charge on any atom is -0.495 e. The Hall–Kier alpha value is -4.32. The predicted octanol–water partition coefficient (Wildman–Crippen LogP) is 13.1. The molecule has 11 heteroatoms. The van der Waals surface area contributed by atoms with Crippen LogP contribution in [-0.2, 0) is 30.1 Å². The third-order valence-electron chi connectivity index (χ3n) is 14.0. The van der Waals surface area contributed by atoms with Crippen molar-refractivity contribution < 1.29 is 28.5 Å². The number of hydrogen-bond donors (Lipinski definition) is 0.